The second-order valence-corrected chi connectivity index (χ2v) is 12.9. The molecule has 51 heavy (non-hydrogen) atoms. The Labute approximate surface area is 302 Å². The van der Waals surface area contributed by atoms with Gasteiger partial charge in [0.25, 0.3) is 0 Å². The predicted molar refractivity (Wildman–Crippen MR) is 218 cm³/mol. The van der Waals surface area contributed by atoms with Crippen LogP contribution >= 0.6 is 0 Å². The summed E-state index contributed by atoms with van der Waals surface area (Å²) in [5.41, 5.74) is 16.2. The number of hydrogen-bond donors (Lipinski definition) is 1. The van der Waals surface area contributed by atoms with Crippen LogP contribution in [-0.2, 0) is 6.54 Å². The number of aliphatic imine (C=N–C) groups is 1. The lowest BCUT2D eigenvalue weighted by Crippen LogP contribution is -2.20. The molecule has 0 aliphatic carbocycles. The normalized spacial score (nSPS) is 12.0. The molecular weight excluding hydrogens is 617 g/mol. The minimum atomic E-state index is -0.201. The van der Waals surface area contributed by atoms with E-state index < -0.39 is 0 Å². The molecule has 1 atom stereocenters. The number of aryl methyl sites for hydroxylation is 1. The van der Waals surface area contributed by atoms with E-state index >= 15 is 0 Å². The third-order valence-electron chi connectivity index (χ3n) is 9.50. The third-order valence-corrected chi connectivity index (χ3v) is 9.50. The molecule has 2 heteroatoms. The maximum Gasteiger partial charge on any atom is 0.126 e. The van der Waals surface area contributed by atoms with Crippen molar-refractivity contribution in [3.8, 4) is 44.5 Å². The number of benzene rings is 7. The minimum absolute atomic E-state index is 0.201. The van der Waals surface area contributed by atoms with Crippen LogP contribution in [-0.4, -0.2) is 5.71 Å². The fraction of sp³-hybridized carbons (Fsp3) is 0.0816. The first kappa shape index (κ1) is 33.4. The summed E-state index contributed by atoms with van der Waals surface area (Å²) in [4.78, 5) is 5.35. The maximum atomic E-state index is 5.35. The predicted octanol–water partition coefficient (Wildman–Crippen LogP) is 12.6. The first-order valence-electron chi connectivity index (χ1n) is 17.6. The molecule has 0 aliphatic rings. The second kappa shape index (κ2) is 15.6. The van der Waals surface area contributed by atoms with Crippen molar-refractivity contribution in [2.24, 2.45) is 4.99 Å². The van der Waals surface area contributed by atoms with Crippen LogP contribution in [0.5, 0.6) is 0 Å². The van der Waals surface area contributed by atoms with E-state index in [1.54, 1.807) is 0 Å². The van der Waals surface area contributed by atoms with Crippen LogP contribution in [0.15, 0.2) is 187 Å². The van der Waals surface area contributed by atoms with Gasteiger partial charge in [-0.15, -0.1) is 0 Å². The zero-order valence-corrected chi connectivity index (χ0v) is 29.3. The first-order chi connectivity index (χ1) is 25.1. The Morgan fingerprint density at radius 3 is 1.80 bits per heavy atom. The summed E-state index contributed by atoms with van der Waals surface area (Å²) in [6.07, 6.45) is 1.80. The van der Waals surface area contributed by atoms with Gasteiger partial charge in [-0.3, -0.25) is 10.3 Å². The Morgan fingerprint density at radius 1 is 0.588 bits per heavy atom. The summed E-state index contributed by atoms with van der Waals surface area (Å²) < 4.78 is 0. The highest BCUT2D eigenvalue weighted by Gasteiger charge is 2.18. The molecule has 0 heterocycles. The molecule has 0 radical (unpaired) electrons. The van der Waals surface area contributed by atoms with E-state index in [2.05, 4.69) is 190 Å². The molecule has 0 aliphatic heterocycles. The van der Waals surface area contributed by atoms with E-state index in [1.165, 1.54) is 38.9 Å². The molecule has 1 unspecified atom stereocenters. The Hall–Kier alpha value is -6.09. The molecule has 2 nitrogen and oxygen atoms in total. The van der Waals surface area contributed by atoms with E-state index in [0.29, 0.717) is 0 Å². The zero-order valence-electron chi connectivity index (χ0n) is 29.3. The van der Waals surface area contributed by atoms with Crippen LogP contribution < -0.4 is 5.32 Å². The lowest BCUT2D eigenvalue weighted by molar-refractivity contribution is 0.554. The number of rotatable bonds is 11. The largest absolute Gasteiger partial charge is 0.288 e. The molecule has 7 rings (SSSR count). The van der Waals surface area contributed by atoms with E-state index in [0.717, 1.165) is 45.6 Å². The fourth-order valence-corrected chi connectivity index (χ4v) is 6.90. The number of nitrogens with zero attached hydrogens (tertiary/aromatic N) is 1. The molecule has 0 saturated heterocycles. The van der Waals surface area contributed by atoms with Crippen molar-refractivity contribution in [3.05, 3.63) is 210 Å². The first-order valence-corrected chi connectivity index (χ1v) is 17.6. The quantitative estimate of drug-likeness (QED) is 0.137. The molecule has 0 spiro atoms. The van der Waals surface area contributed by atoms with Crippen molar-refractivity contribution in [1.29, 1.82) is 0 Å². The van der Waals surface area contributed by atoms with Gasteiger partial charge in [0, 0.05) is 17.8 Å². The van der Waals surface area contributed by atoms with Gasteiger partial charge in [0.15, 0.2) is 0 Å². The van der Waals surface area contributed by atoms with E-state index in [-0.39, 0.29) is 6.17 Å². The molecule has 0 bridgehead atoms. The molecule has 0 saturated carbocycles. The average Bonchev–Trinajstić information content (AvgIpc) is 3.20. The van der Waals surface area contributed by atoms with Crippen molar-refractivity contribution < 1.29 is 0 Å². The number of hydrogen-bond acceptors (Lipinski definition) is 2. The summed E-state index contributed by atoms with van der Waals surface area (Å²) in [6, 6.07) is 62.3. The van der Waals surface area contributed by atoms with Gasteiger partial charge >= 0.3 is 0 Å². The summed E-state index contributed by atoms with van der Waals surface area (Å²) in [7, 11) is 0. The van der Waals surface area contributed by atoms with Gasteiger partial charge in [-0.05, 0) is 92.7 Å². The van der Waals surface area contributed by atoms with Crippen molar-refractivity contribution in [2.75, 3.05) is 0 Å². The van der Waals surface area contributed by atoms with Gasteiger partial charge < -0.3 is 0 Å². The van der Waals surface area contributed by atoms with Crippen molar-refractivity contribution in [3.63, 3.8) is 0 Å². The van der Waals surface area contributed by atoms with Gasteiger partial charge in [-0.1, -0.05) is 176 Å². The zero-order chi connectivity index (χ0) is 35.0. The standard InChI is InChI=1S/C49H42N2/c1-4-44-46(43-28-16-27-42(33-43)41-26-15-25-40(32-41)38-21-10-6-11-22-38)30-17-31-47(44)48-35(2)18-14-29-45(48)36(3)51-49(39-23-12-7-13-24-39)50-34-37-19-8-5-9-20-37/h4-33,49-50H,1,34H2,2-3H3. The molecule has 7 aromatic rings. The molecule has 0 fully saturated rings. The van der Waals surface area contributed by atoms with E-state index in [9.17, 15) is 0 Å². The van der Waals surface area contributed by atoms with Gasteiger partial charge in [0.1, 0.15) is 6.17 Å². The van der Waals surface area contributed by atoms with E-state index in [4.69, 9.17) is 4.99 Å². The highest BCUT2D eigenvalue weighted by molar-refractivity contribution is 6.06. The Balaban J connectivity index is 1.27. The minimum Gasteiger partial charge on any atom is -0.288 e. The van der Waals surface area contributed by atoms with Gasteiger partial charge in [-0.25, -0.2) is 0 Å². The Bertz CT molecular complexity index is 2290. The summed E-state index contributed by atoms with van der Waals surface area (Å²) >= 11 is 0. The van der Waals surface area contributed by atoms with Gasteiger partial charge in [-0.2, -0.15) is 0 Å². The van der Waals surface area contributed by atoms with Crippen LogP contribution in [0.2, 0.25) is 0 Å². The molecule has 7 aromatic carbocycles. The van der Waals surface area contributed by atoms with E-state index in [1.807, 2.05) is 18.2 Å². The highest BCUT2D eigenvalue weighted by atomic mass is 15.1. The van der Waals surface area contributed by atoms with Crippen LogP contribution in [0.1, 0.15) is 40.9 Å². The molecule has 0 amide bonds. The van der Waals surface area contributed by atoms with Gasteiger partial charge in [0.05, 0.1) is 0 Å². The molecule has 0 aromatic heterocycles. The van der Waals surface area contributed by atoms with Crippen molar-refractivity contribution in [2.45, 2.75) is 26.6 Å². The third kappa shape index (κ3) is 7.57. The topological polar surface area (TPSA) is 24.4 Å². The lowest BCUT2D eigenvalue weighted by atomic mass is 9.86. The summed E-state index contributed by atoms with van der Waals surface area (Å²) in [5, 5.41) is 3.71. The maximum absolute atomic E-state index is 5.35. The molecule has 1 N–H and O–H groups in total. The molecule has 248 valence electrons. The Morgan fingerprint density at radius 2 is 1.12 bits per heavy atom. The van der Waals surface area contributed by atoms with Crippen LogP contribution in [0, 0.1) is 6.92 Å². The molecular formula is C49H42N2. The highest BCUT2D eigenvalue weighted by Crippen LogP contribution is 2.38. The van der Waals surface area contributed by atoms with Crippen molar-refractivity contribution in [1.82, 2.24) is 5.32 Å². The summed E-state index contributed by atoms with van der Waals surface area (Å²) in [5.74, 6) is 0. The second-order valence-electron chi connectivity index (χ2n) is 12.9. The SMILES string of the molecule is C=Cc1c(-c2cccc(-c3cccc(-c4ccccc4)c3)c2)cccc1-c1c(C)cccc1C(C)=NC(NCc1ccccc1)c1ccccc1. The lowest BCUT2D eigenvalue weighted by Gasteiger charge is -2.20. The van der Waals surface area contributed by atoms with Gasteiger partial charge in [0.2, 0.25) is 0 Å². The summed E-state index contributed by atoms with van der Waals surface area (Å²) in [6.45, 7) is 9.37. The fourth-order valence-electron chi connectivity index (χ4n) is 6.90. The Kier molecular flexibility index (Phi) is 10.2. The van der Waals surface area contributed by atoms with Crippen LogP contribution in [0.4, 0.5) is 0 Å². The number of nitrogens with one attached hydrogen (secondary N) is 1. The monoisotopic (exact) mass is 658 g/mol. The van der Waals surface area contributed by atoms with Crippen LogP contribution in [0.25, 0.3) is 50.6 Å². The van der Waals surface area contributed by atoms with Crippen LogP contribution in [0.3, 0.4) is 0 Å². The average molecular weight is 659 g/mol. The smallest absolute Gasteiger partial charge is 0.126 e. The van der Waals surface area contributed by atoms with Crippen molar-refractivity contribution >= 4 is 11.8 Å².